The molecule has 1 aromatic carbocycles. The van der Waals surface area contributed by atoms with Crippen LogP contribution < -0.4 is 5.32 Å². The number of para-hydroxylation sites is 1. The van der Waals surface area contributed by atoms with Crippen molar-refractivity contribution in [2.75, 3.05) is 0 Å². The average molecular weight is 285 g/mol. The molecule has 0 radical (unpaired) electrons. The zero-order valence-corrected chi connectivity index (χ0v) is 12.8. The molecule has 2 heterocycles. The second-order valence-corrected chi connectivity index (χ2v) is 6.38. The molecular formula is C16H19N3S. The van der Waals surface area contributed by atoms with Gasteiger partial charge in [0, 0.05) is 34.6 Å². The fraction of sp³-hybridized carbons (Fsp3) is 0.312. The van der Waals surface area contributed by atoms with Crippen molar-refractivity contribution < 1.29 is 0 Å². The predicted molar refractivity (Wildman–Crippen MR) is 85.1 cm³/mol. The molecule has 0 saturated carbocycles. The molecule has 0 fully saturated rings. The maximum Gasteiger partial charge on any atom is 0.0900 e. The Morgan fingerprint density at radius 1 is 1.30 bits per heavy atom. The first-order chi connectivity index (χ1) is 9.65. The highest BCUT2D eigenvalue weighted by Crippen LogP contribution is 2.25. The van der Waals surface area contributed by atoms with Gasteiger partial charge >= 0.3 is 0 Å². The van der Waals surface area contributed by atoms with E-state index in [9.17, 15) is 0 Å². The molecule has 104 valence electrons. The summed E-state index contributed by atoms with van der Waals surface area (Å²) in [5.74, 6) is 0. The fourth-order valence-corrected chi connectivity index (χ4v) is 3.54. The van der Waals surface area contributed by atoms with E-state index in [1.165, 1.54) is 21.3 Å². The first kappa shape index (κ1) is 13.3. The Morgan fingerprint density at radius 3 is 2.85 bits per heavy atom. The van der Waals surface area contributed by atoms with Crippen LogP contribution in [0.5, 0.6) is 0 Å². The Balaban J connectivity index is 1.74. The Morgan fingerprint density at radius 2 is 2.10 bits per heavy atom. The summed E-state index contributed by atoms with van der Waals surface area (Å²) in [6, 6.07) is 8.74. The molecule has 2 aromatic heterocycles. The zero-order chi connectivity index (χ0) is 14.1. The van der Waals surface area contributed by atoms with E-state index in [0.717, 1.165) is 17.2 Å². The van der Waals surface area contributed by atoms with Gasteiger partial charge in [-0.15, -0.1) is 11.3 Å². The average Bonchev–Trinajstić information content (AvgIpc) is 2.99. The molecule has 1 unspecified atom stereocenters. The van der Waals surface area contributed by atoms with Crippen LogP contribution in [-0.4, -0.2) is 9.97 Å². The normalized spacial score (nSPS) is 12.9. The van der Waals surface area contributed by atoms with Gasteiger partial charge in [0.2, 0.25) is 0 Å². The van der Waals surface area contributed by atoms with Gasteiger partial charge in [0.15, 0.2) is 0 Å². The van der Waals surface area contributed by atoms with Crippen molar-refractivity contribution in [1.29, 1.82) is 0 Å². The number of H-pyrrole nitrogens is 1. The molecule has 4 heteroatoms. The molecular weight excluding hydrogens is 266 g/mol. The zero-order valence-electron chi connectivity index (χ0n) is 12.0. The summed E-state index contributed by atoms with van der Waals surface area (Å²) >= 11 is 1.78. The molecule has 0 aliphatic heterocycles. The van der Waals surface area contributed by atoms with Gasteiger partial charge in [0.05, 0.1) is 10.7 Å². The van der Waals surface area contributed by atoms with E-state index in [1.807, 2.05) is 0 Å². The number of hydrogen-bond acceptors (Lipinski definition) is 3. The van der Waals surface area contributed by atoms with Crippen LogP contribution in [0.25, 0.3) is 10.9 Å². The first-order valence-corrected chi connectivity index (χ1v) is 7.69. The minimum absolute atomic E-state index is 0.329. The number of fused-ring (bicyclic) bond motifs is 1. The van der Waals surface area contributed by atoms with Crippen molar-refractivity contribution in [2.45, 2.75) is 33.4 Å². The first-order valence-electron chi connectivity index (χ1n) is 6.87. The predicted octanol–water partition coefficient (Wildman–Crippen LogP) is 4.09. The Kier molecular flexibility index (Phi) is 3.59. The molecule has 0 saturated heterocycles. The standard InChI is InChI=1S/C16H19N3S/c1-10(16-11(2)19-12(3)20-16)17-8-13-9-18-15-7-5-4-6-14(13)15/h4-7,9-10,17-18H,8H2,1-3H3. The molecule has 3 nitrogen and oxygen atoms in total. The molecule has 1 atom stereocenters. The minimum atomic E-state index is 0.329. The third-order valence-corrected chi connectivity index (χ3v) is 4.86. The monoisotopic (exact) mass is 285 g/mol. The van der Waals surface area contributed by atoms with Crippen LogP contribution >= 0.6 is 11.3 Å². The lowest BCUT2D eigenvalue weighted by atomic mass is 10.1. The van der Waals surface area contributed by atoms with Crippen LogP contribution in [0.3, 0.4) is 0 Å². The van der Waals surface area contributed by atoms with E-state index >= 15 is 0 Å². The molecule has 3 aromatic rings. The smallest absolute Gasteiger partial charge is 0.0900 e. The molecule has 0 bridgehead atoms. The van der Waals surface area contributed by atoms with Crippen LogP contribution in [0.2, 0.25) is 0 Å². The van der Waals surface area contributed by atoms with Crippen molar-refractivity contribution in [1.82, 2.24) is 15.3 Å². The number of aromatic amines is 1. The van der Waals surface area contributed by atoms with Crippen molar-refractivity contribution >= 4 is 22.2 Å². The van der Waals surface area contributed by atoms with Gasteiger partial charge in [-0.25, -0.2) is 4.98 Å². The molecule has 0 aliphatic carbocycles. The molecule has 0 aliphatic rings. The second kappa shape index (κ2) is 5.38. The van der Waals surface area contributed by atoms with E-state index < -0.39 is 0 Å². The van der Waals surface area contributed by atoms with Crippen LogP contribution in [0.4, 0.5) is 0 Å². The number of rotatable bonds is 4. The molecule has 20 heavy (non-hydrogen) atoms. The maximum absolute atomic E-state index is 4.50. The Bertz CT molecular complexity index is 726. The summed E-state index contributed by atoms with van der Waals surface area (Å²) in [6.07, 6.45) is 2.09. The molecule has 0 spiro atoms. The summed E-state index contributed by atoms with van der Waals surface area (Å²) in [4.78, 5) is 9.15. The minimum Gasteiger partial charge on any atom is -0.361 e. The number of hydrogen-bond donors (Lipinski definition) is 2. The van der Waals surface area contributed by atoms with E-state index in [-0.39, 0.29) is 0 Å². The van der Waals surface area contributed by atoms with Gasteiger partial charge in [-0.05, 0) is 32.4 Å². The number of nitrogens with zero attached hydrogens (tertiary/aromatic N) is 1. The lowest BCUT2D eigenvalue weighted by Gasteiger charge is -2.12. The third-order valence-electron chi connectivity index (χ3n) is 3.61. The molecule has 2 N–H and O–H groups in total. The van der Waals surface area contributed by atoms with Crippen LogP contribution in [0.15, 0.2) is 30.5 Å². The van der Waals surface area contributed by atoms with Gasteiger partial charge in [-0.1, -0.05) is 18.2 Å². The summed E-state index contributed by atoms with van der Waals surface area (Å²) in [6.45, 7) is 7.21. The number of benzene rings is 1. The van der Waals surface area contributed by atoms with Gasteiger partial charge < -0.3 is 10.3 Å². The molecule has 3 rings (SSSR count). The number of aryl methyl sites for hydroxylation is 2. The molecule has 0 amide bonds. The highest BCUT2D eigenvalue weighted by Gasteiger charge is 2.13. The summed E-state index contributed by atoms with van der Waals surface area (Å²) in [5, 5.41) is 6.03. The van der Waals surface area contributed by atoms with Crippen LogP contribution in [0, 0.1) is 13.8 Å². The van der Waals surface area contributed by atoms with Gasteiger partial charge in [0.25, 0.3) is 0 Å². The van der Waals surface area contributed by atoms with Crippen LogP contribution in [-0.2, 0) is 6.54 Å². The highest BCUT2D eigenvalue weighted by molar-refractivity contribution is 7.11. The van der Waals surface area contributed by atoms with Gasteiger partial charge in [-0.3, -0.25) is 0 Å². The summed E-state index contributed by atoms with van der Waals surface area (Å²) in [5.41, 5.74) is 3.65. The largest absolute Gasteiger partial charge is 0.361 e. The number of thiazole rings is 1. The number of aromatic nitrogens is 2. The van der Waals surface area contributed by atoms with Crippen LogP contribution in [0.1, 0.15) is 34.1 Å². The topological polar surface area (TPSA) is 40.7 Å². The lowest BCUT2D eigenvalue weighted by Crippen LogP contribution is -2.17. The Labute approximate surface area is 123 Å². The third kappa shape index (κ3) is 2.49. The summed E-state index contributed by atoms with van der Waals surface area (Å²) in [7, 11) is 0. The van der Waals surface area contributed by atoms with E-state index in [2.05, 4.69) is 66.5 Å². The SMILES string of the molecule is Cc1nc(C)c(C(C)NCc2c[nH]c3ccccc23)s1. The fourth-order valence-electron chi connectivity index (χ4n) is 2.58. The maximum atomic E-state index is 4.50. The van der Waals surface area contributed by atoms with Crippen molar-refractivity contribution in [2.24, 2.45) is 0 Å². The van der Waals surface area contributed by atoms with Crippen molar-refractivity contribution in [3.05, 3.63) is 51.6 Å². The summed E-state index contributed by atoms with van der Waals surface area (Å²) < 4.78 is 0. The second-order valence-electron chi connectivity index (χ2n) is 5.14. The number of nitrogens with one attached hydrogen (secondary N) is 2. The van der Waals surface area contributed by atoms with E-state index in [1.54, 1.807) is 11.3 Å². The van der Waals surface area contributed by atoms with E-state index in [4.69, 9.17) is 0 Å². The van der Waals surface area contributed by atoms with Crippen molar-refractivity contribution in [3.63, 3.8) is 0 Å². The quantitative estimate of drug-likeness (QED) is 0.758. The van der Waals surface area contributed by atoms with Gasteiger partial charge in [-0.2, -0.15) is 0 Å². The van der Waals surface area contributed by atoms with Gasteiger partial charge in [0.1, 0.15) is 0 Å². The van der Waals surface area contributed by atoms with E-state index in [0.29, 0.717) is 6.04 Å². The van der Waals surface area contributed by atoms with Crippen molar-refractivity contribution in [3.8, 4) is 0 Å². The lowest BCUT2D eigenvalue weighted by molar-refractivity contribution is 0.581. The Hall–Kier alpha value is -1.65. The highest BCUT2D eigenvalue weighted by atomic mass is 32.1.